The van der Waals surface area contributed by atoms with Crippen molar-refractivity contribution in [2.45, 2.75) is 6.43 Å². The molecule has 0 fully saturated rings. The third-order valence-electron chi connectivity index (χ3n) is 2.47. The minimum Gasteiger partial charge on any atom is -0.478 e. The lowest BCUT2D eigenvalue weighted by molar-refractivity contribution is 0.0697. The first kappa shape index (κ1) is 17.3. The number of hydrogen-bond acceptors (Lipinski definition) is 3. The highest BCUT2D eigenvalue weighted by atomic mass is 79.9. The fourth-order valence-electron chi connectivity index (χ4n) is 1.51. The average molecular weight is 367 g/mol. The minimum absolute atomic E-state index is 0.0592. The van der Waals surface area contributed by atoms with Crippen LogP contribution in [0.3, 0.4) is 0 Å². The maximum Gasteiger partial charge on any atom is 0.335 e. The number of aromatic carboxylic acids is 1. The number of carboxylic acid groups (broad SMARTS) is 1. The molecule has 0 saturated heterocycles. The van der Waals surface area contributed by atoms with E-state index in [0.717, 1.165) is 4.90 Å². The zero-order valence-electron chi connectivity index (χ0n) is 10.7. The van der Waals surface area contributed by atoms with Gasteiger partial charge in [-0.15, -0.1) is 0 Å². The standard InChI is InChI=1S/C12H13BrF2N2O4/c13-8-2-1-7(11(19)20)5-9(8)16-12(21)17(3-4-18)6-10(14)15/h1-2,5,10,18H,3-4,6H2,(H,16,21)(H,19,20). The molecule has 0 spiro atoms. The summed E-state index contributed by atoms with van der Waals surface area (Å²) in [5, 5.41) is 20.0. The van der Waals surface area contributed by atoms with Gasteiger partial charge in [-0.1, -0.05) is 0 Å². The Kier molecular flexibility index (Phi) is 6.50. The second-order valence-electron chi connectivity index (χ2n) is 3.99. The van der Waals surface area contributed by atoms with Crippen molar-refractivity contribution >= 4 is 33.6 Å². The van der Waals surface area contributed by atoms with E-state index >= 15 is 0 Å². The van der Waals surface area contributed by atoms with E-state index in [9.17, 15) is 18.4 Å². The molecule has 3 N–H and O–H groups in total. The number of nitrogens with zero attached hydrogens (tertiary/aromatic N) is 1. The summed E-state index contributed by atoms with van der Waals surface area (Å²) >= 11 is 3.12. The molecule has 2 amide bonds. The summed E-state index contributed by atoms with van der Waals surface area (Å²) in [5.74, 6) is -1.18. The van der Waals surface area contributed by atoms with Gasteiger partial charge in [-0.05, 0) is 34.1 Å². The fourth-order valence-corrected chi connectivity index (χ4v) is 1.86. The van der Waals surface area contributed by atoms with Gasteiger partial charge in [-0.25, -0.2) is 18.4 Å². The normalized spacial score (nSPS) is 10.5. The zero-order chi connectivity index (χ0) is 16.0. The van der Waals surface area contributed by atoms with Gasteiger partial charge in [-0.2, -0.15) is 0 Å². The smallest absolute Gasteiger partial charge is 0.335 e. The summed E-state index contributed by atoms with van der Waals surface area (Å²) in [5.41, 5.74) is 0.0770. The summed E-state index contributed by atoms with van der Waals surface area (Å²) < 4.78 is 25.1. The van der Waals surface area contributed by atoms with Gasteiger partial charge in [-0.3, -0.25) is 0 Å². The first-order valence-electron chi connectivity index (χ1n) is 5.83. The summed E-state index contributed by atoms with van der Waals surface area (Å²) in [4.78, 5) is 23.5. The van der Waals surface area contributed by atoms with Crippen LogP contribution in [0.1, 0.15) is 10.4 Å². The van der Waals surface area contributed by atoms with E-state index in [1.165, 1.54) is 18.2 Å². The molecule has 0 radical (unpaired) electrons. The zero-order valence-corrected chi connectivity index (χ0v) is 12.3. The number of benzene rings is 1. The van der Waals surface area contributed by atoms with Gasteiger partial charge in [0.15, 0.2) is 0 Å². The molecular formula is C12H13BrF2N2O4. The highest BCUT2D eigenvalue weighted by Crippen LogP contribution is 2.24. The number of nitrogens with one attached hydrogen (secondary N) is 1. The van der Waals surface area contributed by atoms with Crippen LogP contribution in [0, 0.1) is 0 Å². The molecule has 116 valence electrons. The number of aliphatic hydroxyl groups excluding tert-OH is 1. The minimum atomic E-state index is -2.74. The number of halogens is 3. The van der Waals surface area contributed by atoms with E-state index in [4.69, 9.17) is 10.2 Å². The molecule has 0 unspecified atom stereocenters. The number of hydrogen-bond donors (Lipinski definition) is 3. The molecule has 0 saturated carbocycles. The molecule has 0 bridgehead atoms. The first-order chi connectivity index (χ1) is 9.85. The number of carboxylic acids is 1. The topological polar surface area (TPSA) is 89.9 Å². The molecule has 21 heavy (non-hydrogen) atoms. The number of alkyl halides is 2. The molecule has 0 atom stereocenters. The molecule has 1 rings (SSSR count). The second kappa shape index (κ2) is 7.89. The molecule has 1 aromatic carbocycles. The molecule has 0 aliphatic carbocycles. The van der Waals surface area contributed by atoms with E-state index in [1.807, 2.05) is 0 Å². The quantitative estimate of drug-likeness (QED) is 0.720. The maximum atomic E-state index is 12.4. The molecule has 6 nitrogen and oxygen atoms in total. The third-order valence-corrected chi connectivity index (χ3v) is 3.16. The van der Waals surface area contributed by atoms with E-state index < -0.39 is 31.6 Å². The molecular weight excluding hydrogens is 354 g/mol. The van der Waals surface area contributed by atoms with Crippen LogP contribution in [0.5, 0.6) is 0 Å². The first-order valence-corrected chi connectivity index (χ1v) is 6.62. The molecule has 0 aliphatic heterocycles. The lowest BCUT2D eigenvalue weighted by Gasteiger charge is -2.22. The SMILES string of the molecule is O=C(O)c1ccc(Br)c(NC(=O)N(CCO)CC(F)F)c1. The van der Waals surface area contributed by atoms with Crippen LogP contribution in [0.2, 0.25) is 0 Å². The third kappa shape index (κ3) is 5.27. The number of amides is 2. The van der Waals surface area contributed by atoms with Crippen molar-refractivity contribution in [3.05, 3.63) is 28.2 Å². The maximum absolute atomic E-state index is 12.4. The lowest BCUT2D eigenvalue weighted by atomic mass is 10.2. The van der Waals surface area contributed by atoms with E-state index in [1.54, 1.807) is 0 Å². The van der Waals surface area contributed by atoms with Gasteiger partial charge in [0, 0.05) is 11.0 Å². The fraction of sp³-hybridized carbons (Fsp3) is 0.333. The average Bonchev–Trinajstić information content (AvgIpc) is 2.40. The molecule has 1 aromatic rings. The van der Waals surface area contributed by atoms with Crippen LogP contribution >= 0.6 is 15.9 Å². The second-order valence-corrected chi connectivity index (χ2v) is 4.84. The number of aliphatic hydroxyl groups is 1. The summed E-state index contributed by atoms with van der Waals surface area (Å²) in [6.07, 6.45) is -2.74. The number of carbonyl (C=O) groups excluding carboxylic acids is 1. The predicted octanol–water partition coefficient (Wildman–Crippen LogP) is 2.24. The Morgan fingerprint density at radius 1 is 1.38 bits per heavy atom. The van der Waals surface area contributed by atoms with Crippen LogP contribution in [0.4, 0.5) is 19.3 Å². The largest absolute Gasteiger partial charge is 0.478 e. The Labute approximate surface area is 127 Å². The summed E-state index contributed by atoms with van der Waals surface area (Å²) in [6.45, 7) is -1.55. The van der Waals surface area contributed by atoms with Crippen LogP contribution < -0.4 is 5.32 Å². The van der Waals surface area contributed by atoms with Crippen molar-refractivity contribution in [1.29, 1.82) is 0 Å². The molecule has 0 heterocycles. The van der Waals surface area contributed by atoms with Crippen molar-refractivity contribution in [3.8, 4) is 0 Å². The molecule has 9 heteroatoms. The molecule has 0 aromatic heterocycles. The van der Waals surface area contributed by atoms with Gasteiger partial charge < -0.3 is 20.4 Å². The van der Waals surface area contributed by atoms with Crippen molar-refractivity contribution in [3.63, 3.8) is 0 Å². The lowest BCUT2D eigenvalue weighted by Crippen LogP contribution is -2.40. The van der Waals surface area contributed by atoms with Crippen molar-refractivity contribution < 1.29 is 28.6 Å². The van der Waals surface area contributed by atoms with E-state index in [0.29, 0.717) is 4.47 Å². The highest BCUT2D eigenvalue weighted by Gasteiger charge is 2.19. The number of anilines is 1. The number of carbonyl (C=O) groups is 2. The Hall–Kier alpha value is -1.74. The van der Waals surface area contributed by atoms with E-state index in [2.05, 4.69) is 21.2 Å². The molecule has 0 aliphatic rings. The van der Waals surface area contributed by atoms with Gasteiger partial charge in [0.05, 0.1) is 24.4 Å². The van der Waals surface area contributed by atoms with Gasteiger partial charge >= 0.3 is 12.0 Å². The van der Waals surface area contributed by atoms with E-state index in [-0.39, 0.29) is 17.8 Å². The predicted molar refractivity (Wildman–Crippen MR) is 74.8 cm³/mol. The van der Waals surface area contributed by atoms with Gasteiger partial charge in [0.1, 0.15) is 0 Å². The highest BCUT2D eigenvalue weighted by molar-refractivity contribution is 9.10. The Morgan fingerprint density at radius 2 is 2.05 bits per heavy atom. The number of rotatable bonds is 6. The Balaban J connectivity index is 2.89. The van der Waals surface area contributed by atoms with Gasteiger partial charge in [0.2, 0.25) is 0 Å². The van der Waals surface area contributed by atoms with Crippen LogP contribution in [0.15, 0.2) is 22.7 Å². The summed E-state index contributed by atoms with van der Waals surface area (Å²) in [7, 11) is 0. The van der Waals surface area contributed by atoms with Crippen molar-refractivity contribution in [2.24, 2.45) is 0 Å². The van der Waals surface area contributed by atoms with Crippen LogP contribution in [-0.4, -0.2) is 53.2 Å². The van der Waals surface area contributed by atoms with Crippen LogP contribution in [0.25, 0.3) is 0 Å². The Bertz CT molecular complexity index is 528. The van der Waals surface area contributed by atoms with Gasteiger partial charge in [0.25, 0.3) is 6.43 Å². The van der Waals surface area contributed by atoms with Crippen molar-refractivity contribution in [2.75, 3.05) is 25.0 Å². The summed E-state index contributed by atoms with van der Waals surface area (Å²) in [6, 6.07) is 3.09. The van der Waals surface area contributed by atoms with Crippen LogP contribution in [-0.2, 0) is 0 Å². The van der Waals surface area contributed by atoms with Crippen molar-refractivity contribution in [1.82, 2.24) is 4.90 Å². The number of urea groups is 1. The Morgan fingerprint density at radius 3 is 2.57 bits per heavy atom. The monoisotopic (exact) mass is 366 g/mol.